The van der Waals surface area contributed by atoms with Gasteiger partial charge in [0, 0.05) is 15.9 Å². The van der Waals surface area contributed by atoms with Gasteiger partial charge in [0.1, 0.15) is 22.7 Å². The van der Waals surface area contributed by atoms with Crippen molar-refractivity contribution in [3.05, 3.63) is 3.10 Å². The quantitative estimate of drug-likeness (QED) is 0.582. The second-order valence-electron chi connectivity index (χ2n) is 1.42. The summed E-state index contributed by atoms with van der Waals surface area (Å²) in [6, 6.07) is 0. The average molecular weight is 274 g/mol. The van der Waals surface area contributed by atoms with Crippen LogP contribution in [0.5, 0.6) is 0 Å². The monoisotopic (exact) mass is 273 g/mol. The zero-order valence-corrected chi connectivity index (χ0v) is 10.4. The summed E-state index contributed by atoms with van der Waals surface area (Å²) in [6.45, 7) is 0. The van der Waals surface area contributed by atoms with E-state index in [1.54, 1.807) is 0 Å². The van der Waals surface area contributed by atoms with Crippen LogP contribution in [-0.2, 0) is 0 Å². The first kappa shape index (κ1) is 9.32. The fraction of sp³-hybridized carbons (Fsp3) is 0.400. The molecule has 0 fully saturated rings. The van der Waals surface area contributed by atoms with Gasteiger partial charge < -0.3 is 0 Å². The zero-order chi connectivity index (χ0) is 7.56. The van der Waals surface area contributed by atoms with Crippen LogP contribution >= 0.6 is 62.1 Å². The second-order valence-corrected chi connectivity index (χ2v) is 7.72. The fourth-order valence-corrected chi connectivity index (χ4v) is 6.56. The Kier molecular flexibility index (Phi) is 4.01. The van der Waals surface area contributed by atoms with Crippen LogP contribution in [0, 0.1) is 0 Å². The van der Waals surface area contributed by atoms with Crippen LogP contribution in [0.1, 0.15) is 0 Å². The third-order valence-corrected chi connectivity index (χ3v) is 6.62. The van der Waals surface area contributed by atoms with Gasteiger partial charge in [-0.1, -0.05) is 23.5 Å². The van der Waals surface area contributed by atoms with Crippen LogP contribution in [0.15, 0.2) is 11.5 Å². The second kappa shape index (κ2) is 4.30. The Bertz CT molecular complexity index is 198. The van der Waals surface area contributed by atoms with E-state index in [0.717, 1.165) is 0 Å². The molecule has 0 saturated carbocycles. The highest BCUT2D eigenvalue weighted by Gasteiger charge is 2.18. The minimum absolute atomic E-state index is 1.27. The number of halogens is 1. The standard InChI is InChI=1S/C5H6BrS4/c1-7-3-4(8-2)10-5(6)9-3/h1-2H3/q+1. The van der Waals surface area contributed by atoms with Crippen molar-refractivity contribution in [1.29, 1.82) is 0 Å². The lowest BCUT2D eigenvalue weighted by Crippen LogP contribution is -1.59. The number of hydrogen-bond acceptors (Lipinski definition) is 3. The number of rotatable bonds is 2. The van der Waals surface area contributed by atoms with Crippen molar-refractivity contribution in [3.63, 3.8) is 0 Å². The van der Waals surface area contributed by atoms with E-state index in [1.165, 1.54) is 11.5 Å². The summed E-state index contributed by atoms with van der Waals surface area (Å²) in [6.07, 6.45) is 4.23. The van der Waals surface area contributed by atoms with E-state index in [-0.39, 0.29) is 0 Å². The Balaban J connectivity index is 2.96. The SMILES string of the molecule is CSc1sc(Br)[s+]c1SC. The molecule has 0 aliphatic rings. The topological polar surface area (TPSA) is 0 Å². The molecule has 0 saturated heterocycles. The molecule has 0 nitrogen and oxygen atoms in total. The summed E-state index contributed by atoms with van der Waals surface area (Å²) in [5.41, 5.74) is 0. The van der Waals surface area contributed by atoms with Crippen molar-refractivity contribution in [2.24, 2.45) is 0 Å². The molecule has 56 valence electrons. The fourth-order valence-electron chi connectivity index (χ4n) is 0.500. The summed E-state index contributed by atoms with van der Waals surface area (Å²) in [5, 5.41) is 0. The molecule has 1 heterocycles. The molecule has 0 atom stereocenters. The predicted octanol–water partition coefficient (Wildman–Crippen LogP) is 4.30. The average Bonchev–Trinajstić information content (AvgIpc) is 2.30. The van der Waals surface area contributed by atoms with Crippen LogP contribution in [0.4, 0.5) is 0 Å². The highest BCUT2D eigenvalue weighted by Crippen LogP contribution is 2.43. The summed E-state index contributed by atoms with van der Waals surface area (Å²) in [4.78, 5) is 0. The van der Waals surface area contributed by atoms with Gasteiger partial charge in [0.05, 0.1) is 0 Å². The molecule has 1 rings (SSSR count). The number of thioether (sulfide) groups is 2. The van der Waals surface area contributed by atoms with Gasteiger partial charge in [0.15, 0.2) is 0 Å². The van der Waals surface area contributed by atoms with Crippen molar-refractivity contribution in [2.75, 3.05) is 12.5 Å². The Morgan fingerprint density at radius 3 is 2.50 bits per heavy atom. The molecule has 0 amide bonds. The molecular weight excluding hydrogens is 268 g/mol. The predicted molar refractivity (Wildman–Crippen MR) is 57.9 cm³/mol. The summed E-state index contributed by atoms with van der Waals surface area (Å²) < 4.78 is 4.11. The van der Waals surface area contributed by atoms with E-state index < -0.39 is 0 Å². The van der Waals surface area contributed by atoms with Gasteiger partial charge in [0.25, 0.3) is 0 Å². The molecule has 0 unspecified atom stereocenters. The lowest BCUT2D eigenvalue weighted by molar-refractivity contribution is 1.54. The van der Waals surface area contributed by atoms with Gasteiger partial charge in [-0.25, -0.2) is 0 Å². The van der Waals surface area contributed by atoms with Gasteiger partial charge in [-0.2, -0.15) is 0 Å². The molecule has 1 aromatic rings. The van der Waals surface area contributed by atoms with Crippen molar-refractivity contribution in [1.82, 2.24) is 0 Å². The molecule has 0 radical (unpaired) electrons. The largest absolute Gasteiger partial charge is 0.322 e. The maximum absolute atomic E-state index is 3.47. The zero-order valence-electron chi connectivity index (χ0n) is 5.51. The van der Waals surface area contributed by atoms with Gasteiger partial charge in [-0.3, -0.25) is 0 Å². The van der Waals surface area contributed by atoms with E-state index in [0.29, 0.717) is 0 Å². The smallest absolute Gasteiger partial charge is 0.0907 e. The van der Waals surface area contributed by atoms with E-state index in [1.807, 2.05) is 46.2 Å². The van der Waals surface area contributed by atoms with Gasteiger partial charge in [0.2, 0.25) is 8.42 Å². The van der Waals surface area contributed by atoms with Crippen LogP contribution in [-0.4, -0.2) is 12.5 Å². The lowest BCUT2D eigenvalue weighted by Gasteiger charge is -1.81. The third-order valence-electron chi connectivity index (χ3n) is 0.883. The van der Waals surface area contributed by atoms with E-state index >= 15 is 0 Å². The van der Waals surface area contributed by atoms with Crippen LogP contribution in [0.3, 0.4) is 0 Å². The Hall–Kier alpha value is 1.23. The highest BCUT2D eigenvalue weighted by atomic mass is 79.9. The first-order valence-corrected chi connectivity index (χ1v) is 7.36. The Labute approximate surface area is 85.6 Å². The van der Waals surface area contributed by atoms with E-state index in [9.17, 15) is 0 Å². The molecular formula is C5H6BrS4+. The Morgan fingerprint density at radius 1 is 1.40 bits per heavy atom. The molecule has 0 spiro atoms. The van der Waals surface area contributed by atoms with Gasteiger partial charge in [-0.15, -0.1) is 0 Å². The minimum Gasteiger partial charge on any atom is -0.0907 e. The third kappa shape index (κ3) is 2.11. The number of hydrogen-bond donors (Lipinski definition) is 0. The molecule has 1 aromatic heterocycles. The highest BCUT2D eigenvalue weighted by molar-refractivity contribution is 9.11. The van der Waals surface area contributed by atoms with Crippen LogP contribution < -0.4 is 0 Å². The molecule has 0 aromatic carbocycles. The maximum Gasteiger partial charge on any atom is 0.322 e. The lowest BCUT2D eigenvalue weighted by atomic mass is 11.1. The molecule has 10 heavy (non-hydrogen) atoms. The molecule has 5 heteroatoms. The van der Waals surface area contributed by atoms with Crippen molar-refractivity contribution < 1.29 is 0 Å². The van der Waals surface area contributed by atoms with Gasteiger partial charge in [-0.05, 0) is 12.5 Å². The summed E-state index contributed by atoms with van der Waals surface area (Å²) in [7, 11) is 0. The normalized spacial score (nSPS) is 10.3. The van der Waals surface area contributed by atoms with Crippen LogP contribution in [0.25, 0.3) is 0 Å². The van der Waals surface area contributed by atoms with E-state index in [2.05, 4.69) is 28.4 Å². The molecule has 0 bridgehead atoms. The maximum atomic E-state index is 3.47. The van der Waals surface area contributed by atoms with Crippen molar-refractivity contribution >= 4 is 62.1 Å². The molecule has 0 aliphatic heterocycles. The van der Waals surface area contributed by atoms with Crippen molar-refractivity contribution in [2.45, 2.75) is 8.42 Å². The van der Waals surface area contributed by atoms with Crippen LogP contribution in [0.2, 0.25) is 0 Å². The molecule has 0 aliphatic carbocycles. The summed E-state index contributed by atoms with van der Waals surface area (Å²) in [5.74, 6) is 0. The van der Waals surface area contributed by atoms with Crippen molar-refractivity contribution in [3.8, 4) is 0 Å². The van der Waals surface area contributed by atoms with Gasteiger partial charge >= 0.3 is 3.10 Å². The van der Waals surface area contributed by atoms with E-state index in [4.69, 9.17) is 0 Å². The first-order valence-electron chi connectivity index (χ1n) is 2.48. The Morgan fingerprint density at radius 2 is 2.10 bits per heavy atom. The summed E-state index contributed by atoms with van der Waals surface area (Å²) >= 11 is 10.7. The first-order chi connectivity index (χ1) is 4.77. The molecule has 0 N–H and O–H groups in total. The minimum atomic E-state index is 1.27.